The molecule has 0 aliphatic carbocycles. The van der Waals surface area contributed by atoms with E-state index in [9.17, 15) is 0 Å². The van der Waals surface area contributed by atoms with Crippen molar-refractivity contribution in [1.29, 1.82) is 0 Å². The van der Waals surface area contributed by atoms with E-state index >= 15 is 0 Å². The summed E-state index contributed by atoms with van der Waals surface area (Å²) in [6.07, 6.45) is 7.61. The molecule has 0 radical (unpaired) electrons. The molecule has 0 saturated carbocycles. The Morgan fingerprint density at radius 2 is 1.10 bits per heavy atom. The average molecular weight is 396 g/mol. The van der Waals surface area contributed by atoms with Gasteiger partial charge >= 0.3 is 131 Å². The van der Waals surface area contributed by atoms with Gasteiger partial charge in [-0.25, -0.2) is 0 Å². The van der Waals surface area contributed by atoms with E-state index in [1.54, 1.807) is 0 Å². The summed E-state index contributed by atoms with van der Waals surface area (Å²) in [6, 6.07) is 0. The molecule has 5 heteroatoms. The van der Waals surface area contributed by atoms with Crippen molar-refractivity contribution in [3.8, 4) is 0 Å². The van der Waals surface area contributed by atoms with Crippen LogP contribution in [0.4, 0.5) is 0 Å². The van der Waals surface area contributed by atoms with Gasteiger partial charge in [-0.05, 0) is 0 Å². The monoisotopic (exact) mass is 397 g/mol. The van der Waals surface area contributed by atoms with Gasteiger partial charge in [0.05, 0.1) is 0 Å². The van der Waals surface area contributed by atoms with Gasteiger partial charge in [-0.2, -0.15) is 0 Å². The summed E-state index contributed by atoms with van der Waals surface area (Å²) in [7, 11) is 0. The Morgan fingerprint density at radius 3 is 1.40 bits per heavy atom. The Labute approximate surface area is 131 Å². The first-order chi connectivity index (χ1) is 9.74. The first-order valence-electron chi connectivity index (χ1n) is 8.36. The number of hydrogen-bond donors (Lipinski definition) is 1. The molecule has 0 aliphatic rings. The van der Waals surface area contributed by atoms with E-state index in [-0.39, 0.29) is 0 Å². The summed E-state index contributed by atoms with van der Waals surface area (Å²) in [5, 5.41) is 0. The molecule has 0 saturated heterocycles. The van der Waals surface area contributed by atoms with Crippen LogP contribution < -0.4 is 5.73 Å². The van der Waals surface area contributed by atoms with Crippen LogP contribution in [0.1, 0.15) is 65.7 Å². The molecule has 0 aromatic rings. The molecular formula is C15H35NO3Sn. The van der Waals surface area contributed by atoms with Gasteiger partial charge in [0.15, 0.2) is 0 Å². The summed E-state index contributed by atoms with van der Waals surface area (Å²) in [5.74, 6) is 0. The number of unbranched alkanes of at least 4 members (excludes halogenated alkanes) is 3. The molecule has 0 unspecified atom stereocenters. The van der Waals surface area contributed by atoms with E-state index in [4.69, 9.17) is 15.0 Å². The fourth-order valence-corrected chi connectivity index (χ4v) is 9.44. The van der Waals surface area contributed by atoms with Gasteiger partial charge in [0.25, 0.3) is 0 Å². The van der Waals surface area contributed by atoms with Crippen molar-refractivity contribution in [2.24, 2.45) is 5.73 Å². The second-order valence-electron chi connectivity index (χ2n) is 5.18. The molecule has 0 fully saturated rings. The van der Waals surface area contributed by atoms with Crippen LogP contribution in [-0.4, -0.2) is 46.0 Å². The molecule has 0 aromatic carbocycles. The molecule has 0 aliphatic heterocycles. The van der Waals surface area contributed by atoms with E-state index in [2.05, 4.69) is 20.8 Å². The van der Waals surface area contributed by atoms with Crippen molar-refractivity contribution in [2.75, 3.05) is 26.4 Å². The number of hydrogen-bond acceptors (Lipinski definition) is 4. The maximum atomic E-state index is 6.18. The second-order valence-corrected chi connectivity index (χ2v) is 13.0. The second kappa shape index (κ2) is 14.6. The quantitative estimate of drug-likeness (QED) is 0.339. The van der Waals surface area contributed by atoms with E-state index in [0.717, 1.165) is 69.2 Å². The minimum atomic E-state index is -3.34. The average Bonchev–Trinajstić information content (AvgIpc) is 2.46. The number of nitrogens with two attached hydrogens (primary N) is 1. The SMILES string of the molecule is CCCC[O][Sn]([CH2]CCN)([O]CCCC)[O]CCCC. The Balaban J connectivity index is 4.48. The summed E-state index contributed by atoms with van der Waals surface area (Å²) in [4.78, 5) is 0. The summed E-state index contributed by atoms with van der Waals surface area (Å²) < 4.78 is 19.4. The van der Waals surface area contributed by atoms with Crippen LogP contribution in [0.3, 0.4) is 0 Å². The molecule has 4 nitrogen and oxygen atoms in total. The fraction of sp³-hybridized carbons (Fsp3) is 1.00. The molecule has 2 N–H and O–H groups in total. The molecule has 0 spiro atoms. The predicted molar refractivity (Wildman–Crippen MR) is 86.8 cm³/mol. The first kappa shape index (κ1) is 20.6. The van der Waals surface area contributed by atoms with Crippen LogP contribution in [0.15, 0.2) is 0 Å². The molecule has 0 aromatic heterocycles. The van der Waals surface area contributed by atoms with Crippen molar-refractivity contribution in [3.05, 3.63) is 0 Å². The van der Waals surface area contributed by atoms with Crippen LogP contribution in [0, 0.1) is 0 Å². The Kier molecular flexibility index (Phi) is 15.0. The van der Waals surface area contributed by atoms with Gasteiger partial charge in [-0.3, -0.25) is 0 Å². The zero-order valence-electron chi connectivity index (χ0n) is 13.8. The van der Waals surface area contributed by atoms with Gasteiger partial charge < -0.3 is 0 Å². The van der Waals surface area contributed by atoms with Crippen molar-refractivity contribution in [2.45, 2.75) is 70.2 Å². The summed E-state index contributed by atoms with van der Waals surface area (Å²) in [6.45, 7) is 9.53. The van der Waals surface area contributed by atoms with E-state index in [1.807, 2.05) is 0 Å². The van der Waals surface area contributed by atoms with Crippen LogP contribution in [0.5, 0.6) is 0 Å². The van der Waals surface area contributed by atoms with E-state index in [1.165, 1.54) is 0 Å². The zero-order chi connectivity index (χ0) is 15.1. The van der Waals surface area contributed by atoms with Crippen LogP contribution in [0.25, 0.3) is 0 Å². The standard InChI is InChI=1S/3C4H9O.C3H8N.Sn/c3*1-2-3-4-5;1-2-3-4;/h3*2-4H2,1H3;1-4H2;/q3*-1;;+3. The third kappa shape index (κ3) is 10.4. The Morgan fingerprint density at radius 1 is 0.700 bits per heavy atom. The molecule has 0 bridgehead atoms. The third-order valence-corrected chi connectivity index (χ3v) is 11.4. The number of rotatable bonds is 15. The Hall–Kier alpha value is 0.639. The molecule has 0 amide bonds. The molecule has 20 heavy (non-hydrogen) atoms. The minimum absolute atomic E-state index is 0.685. The predicted octanol–water partition coefficient (Wildman–Crippen LogP) is 3.72. The maximum absolute atomic E-state index is 6.18. The molecule has 122 valence electrons. The van der Waals surface area contributed by atoms with Crippen molar-refractivity contribution in [1.82, 2.24) is 0 Å². The van der Waals surface area contributed by atoms with Crippen molar-refractivity contribution >= 4 is 19.6 Å². The fourth-order valence-electron chi connectivity index (χ4n) is 1.78. The normalized spacial score (nSPS) is 12.0. The first-order valence-corrected chi connectivity index (χ1v) is 13.9. The van der Waals surface area contributed by atoms with E-state index < -0.39 is 19.6 Å². The molecule has 0 rings (SSSR count). The van der Waals surface area contributed by atoms with Gasteiger partial charge in [0, 0.05) is 0 Å². The zero-order valence-corrected chi connectivity index (χ0v) is 16.6. The van der Waals surface area contributed by atoms with Gasteiger partial charge in [0.2, 0.25) is 0 Å². The summed E-state index contributed by atoms with van der Waals surface area (Å²) in [5.41, 5.74) is 5.67. The topological polar surface area (TPSA) is 53.7 Å². The van der Waals surface area contributed by atoms with E-state index in [0.29, 0.717) is 6.54 Å². The van der Waals surface area contributed by atoms with Crippen LogP contribution in [-0.2, 0) is 9.22 Å². The summed E-state index contributed by atoms with van der Waals surface area (Å²) >= 11 is -3.34. The van der Waals surface area contributed by atoms with Crippen molar-refractivity contribution in [3.63, 3.8) is 0 Å². The van der Waals surface area contributed by atoms with Gasteiger partial charge in [-0.15, -0.1) is 0 Å². The van der Waals surface area contributed by atoms with Crippen molar-refractivity contribution < 1.29 is 9.22 Å². The molecule has 0 heterocycles. The van der Waals surface area contributed by atoms with Crippen LogP contribution in [0.2, 0.25) is 4.44 Å². The van der Waals surface area contributed by atoms with Gasteiger partial charge in [0.1, 0.15) is 0 Å². The third-order valence-electron chi connectivity index (χ3n) is 3.15. The molecule has 0 atom stereocenters. The Bertz CT molecular complexity index is 179. The van der Waals surface area contributed by atoms with Crippen LogP contribution >= 0.6 is 0 Å². The molecular weight excluding hydrogens is 361 g/mol. The van der Waals surface area contributed by atoms with Gasteiger partial charge in [-0.1, -0.05) is 0 Å².